The molecular formula is C17H22N4O3. The van der Waals surface area contributed by atoms with Gasteiger partial charge < -0.3 is 18.9 Å². The average molecular weight is 330 g/mol. The van der Waals surface area contributed by atoms with E-state index >= 15 is 0 Å². The third-order valence-corrected chi connectivity index (χ3v) is 4.22. The highest BCUT2D eigenvalue weighted by atomic mass is 16.5. The summed E-state index contributed by atoms with van der Waals surface area (Å²) in [4.78, 5) is 22.5. The van der Waals surface area contributed by atoms with E-state index in [9.17, 15) is 4.79 Å². The summed E-state index contributed by atoms with van der Waals surface area (Å²) < 4.78 is 12.8. The summed E-state index contributed by atoms with van der Waals surface area (Å²) in [5, 5.41) is 0. The molecule has 0 spiro atoms. The van der Waals surface area contributed by atoms with Gasteiger partial charge in [0.1, 0.15) is 18.2 Å². The lowest BCUT2D eigenvalue weighted by Gasteiger charge is -2.34. The Labute approximate surface area is 141 Å². The Morgan fingerprint density at radius 1 is 1.38 bits per heavy atom. The molecular weight excluding hydrogens is 308 g/mol. The quantitative estimate of drug-likeness (QED) is 0.802. The van der Waals surface area contributed by atoms with Crippen molar-refractivity contribution in [3.63, 3.8) is 0 Å². The molecule has 2 aromatic rings. The zero-order chi connectivity index (χ0) is 16.9. The highest BCUT2D eigenvalue weighted by molar-refractivity contribution is 5.78. The predicted octanol–water partition coefficient (Wildman–Crippen LogP) is 1.45. The van der Waals surface area contributed by atoms with E-state index in [1.54, 1.807) is 12.4 Å². The van der Waals surface area contributed by atoms with Gasteiger partial charge in [-0.05, 0) is 19.1 Å². The van der Waals surface area contributed by atoms with Gasteiger partial charge in [0.2, 0.25) is 5.91 Å². The molecule has 0 aromatic carbocycles. The van der Waals surface area contributed by atoms with Gasteiger partial charge in [-0.1, -0.05) is 0 Å². The van der Waals surface area contributed by atoms with Gasteiger partial charge >= 0.3 is 0 Å². The number of carbonyl (C=O) groups excluding carboxylic acids is 1. The van der Waals surface area contributed by atoms with Crippen LogP contribution in [0.3, 0.4) is 0 Å². The fraction of sp³-hybridized carbons (Fsp3) is 0.471. The van der Waals surface area contributed by atoms with Crippen LogP contribution in [0.1, 0.15) is 24.5 Å². The molecule has 3 heterocycles. The number of imidazole rings is 1. The van der Waals surface area contributed by atoms with Crippen molar-refractivity contribution in [2.75, 3.05) is 26.9 Å². The monoisotopic (exact) mass is 330 g/mol. The number of fused-ring (bicyclic) bond motifs is 1. The van der Waals surface area contributed by atoms with Crippen LogP contribution in [-0.2, 0) is 22.5 Å². The lowest BCUT2D eigenvalue weighted by Crippen LogP contribution is -2.43. The number of amides is 1. The van der Waals surface area contributed by atoms with Crippen LogP contribution in [0.5, 0.6) is 5.75 Å². The molecule has 24 heavy (non-hydrogen) atoms. The van der Waals surface area contributed by atoms with Crippen LogP contribution < -0.4 is 4.74 Å². The molecule has 0 saturated heterocycles. The molecule has 0 bridgehead atoms. The van der Waals surface area contributed by atoms with Gasteiger partial charge in [-0.25, -0.2) is 4.98 Å². The van der Waals surface area contributed by atoms with E-state index in [-0.39, 0.29) is 18.6 Å². The van der Waals surface area contributed by atoms with Crippen LogP contribution in [0.25, 0.3) is 0 Å². The Hall–Kier alpha value is -2.41. The molecule has 1 atom stereocenters. The van der Waals surface area contributed by atoms with E-state index in [0.29, 0.717) is 13.2 Å². The molecule has 1 aliphatic rings. The Bertz CT molecular complexity index is 686. The molecule has 0 aliphatic carbocycles. The number of hydrogen-bond donors (Lipinski definition) is 0. The van der Waals surface area contributed by atoms with Crippen molar-refractivity contribution in [1.29, 1.82) is 0 Å². The van der Waals surface area contributed by atoms with Crippen LogP contribution in [0.4, 0.5) is 0 Å². The number of carbonyl (C=O) groups is 1. The number of ether oxygens (including phenoxy) is 2. The van der Waals surface area contributed by atoms with Crippen molar-refractivity contribution < 1.29 is 14.3 Å². The van der Waals surface area contributed by atoms with Crippen molar-refractivity contribution in [2.24, 2.45) is 0 Å². The highest BCUT2D eigenvalue weighted by Crippen LogP contribution is 2.25. The van der Waals surface area contributed by atoms with E-state index in [4.69, 9.17) is 9.47 Å². The lowest BCUT2D eigenvalue weighted by molar-refractivity contribution is -0.138. The first kappa shape index (κ1) is 16.4. The SMILES string of the molecule is COCC(=O)N1CCn2c(CCOc3cccnc3)cnc2[C@H]1C. The van der Waals surface area contributed by atoms with Gasteiger partial charge in [0.25, 0.3) is 0 Å². The van der Waals surface area contributed by atoms with Gasteiger partial charge in [0, 0.05) is 44.7 Å². The van der Waals surface area contributed by atoms with Crippen LogP contribution in [-0.4, -0.2) is 52.2 Å². The third kappa shape index (κ3) is 3.41. The molecule has 3 rings (SSSR count). The number of methoxy groups -OCH3 is 1. The number of pyridine rings is 1. The normalized spacial score (nSPS) is 16.8. The summed E-state index contributed by atoms with van der Waals surface area (Å²) in [6.07, 6.45) is 6.06. The van der Waals surface area contributed by atoms with Gasteiger partial charge in [0.05, 0.1) is 18.8 Å². The fourth-order valence-corrected chi connectivity index (χ4v) is 3.01. The number of nitrogens with zero attached hydrogens (tertiary/aromatic N) is 4. The van der Waals surface area contributed by atoms with Gasteiger partial charge in [-0.15, -0.1) is 0 Å². The maximum atomic E-state index is 12.1. The minimum atomic E-state index is -0.0469. The maximum Gasteiger partial charge on any atom is 0.249 e. The van der Waals surface area contributed by atoms with Crippen molar-refractivity contribution in [1.82, 2.24) is 19.4 Å². The molecule has 128 valence electrons. The molecule has 0 unspecified atom stereocenters. The standard InChI is InChI=1S/C17H22N4O3/c1-13-17-19-10-14(5-9-24-15-4-3-6-18-11-15)21(17)8-7-20(13)16(22)12-23-2/h3-4,6,10-11,13H,5,7-9,12H2,1-2H3/t13-/m1/s1. The van der Waals surface area contributed by atoms with Crippen LogP contribution in [0, 0.1) is 0 Å². The highest BCUT2D eigenvalue weighted by Gasteiger charge is 2.29. The Kier molecular flexibility index (Phi) is 5.10. The first-order valence-electron chi connectivity index (χ1n) is 8.06. The first-order valence-corrected chi connectivity index (χ1v) is 8.06. The fourth-order valence-electron chi connectivity index (χ4n) is 3.01. The molecule has 2 aromatic heterocycles. The van der Waals surface area contributed by atoms with E-state index in [2.05, 4.69) is 14.5 Å². The van der Waals surface area contributed by atoms with E-state index in [1.807, 2.05) is 30.2 Å². The van der Waals surface area contributed by atoms with Crippen molar-refractivity contribution in [3.8, 4) is 5.75 Å². The van der Waals surface area contributed by atoms with Gasteiger partial charge in [0.15, 0.2) is 0 Å². The number of hydrogen-bond acceptors (Lipinski definition) is 5. The van der Waals surface area contributed by atoms with E-state index < -0.39 is 0 Å². The summed E-state index contributed by atoms with van der Waals surface area (Å²) in [6, 6.07) is 3.69. The number of aromatic nitrogens is 3. The van der Waals surface area contributed by atoms with Crippen molar-refractivity contribution in [2.45, 2.75) is 25.9 Å². The molecule has 0 fully saturated rings. The summed E-state index contributed by atoms with van der Waals surface area (Å²) in [5.74, 6) is 1.68. The van der Waals surface area contributed by atoms with E-state index in [0.717, 1.165) is 30.2 Å². The second kappa shape index (κ2) is 7.44. The van der Waals surface area contributed by atoms with Gasteiger partial charge in [-0.2, -0.15) is 0 Å². The van der Waals surface area contributed by atoms with Gasteiger partial charge in [-0.3, -0.25) is 9.78 Å². The second-order valence-electron chi connectivity index (χ2n) is 5.74. The zero-order valence-electron chi connectivity index (χ0n) is 14.0. The molecule has 1 amide bonds. The third-order valence-electron chi connectivity index (χ3n) is 4.22. The molecule has 7 heteroatoms. The lowest BCUT2D eigenvalue weighted by atomic mass is 10.2. The summed E-state index contributed by atoms with van der Waals surface area (Å²) in [5.41, 5.74) is 1.12. The minimum absolute atomic E-state index is 0.000658. The number of rotatable bonds is 6. The molecule has 0 radical (unpaired) electrons. The van der Waals surface area contributed by atoms with Crippen molar-refractivity contribution in [3.05, 3.63) is 42.2 Å². The predicted molar refractivity (Wildman–Crippen MR) is 87.7 cm³/mol. The Balaban J connectivity index is 1.63. The first-order chi connectivity index (χ1) is 11.7. The zero-order valence-corrected chi connectivity index (χ0v) is 14.0. The molecule has 0 N–H and O–H groups in total. The molecule has 7 nitrogen and oxygen atoms in total. The largest absolute Gasteiger partial charge is 0.492 e. The summed E-state index contributed by atoms with van der Waals surface area (Å²) >= 11 is 0. The Morgan fingerprint density at radius 3 is 3.00 bits per heavy atom. The Morgan fingerprint density at radius 2 is 2.25 bits per heavy atom. The van der Waals surface area contributed by atoms with E-state index in [1.165, 1.54) is 7.11 Å². The van der Waals surface area contributed by atoms with Crippen LogP contribution in [0.2, 0.25) is 0 Å². The van der Waals surface area contributed by atoms with Crippen LogP contribution in [0.15, 0.2) is 30.7 Å². The summed E-state index contributed by atoms with van der Waals surface area (Å²) in [6.45, 7) is 4.09. The van der Waals surface area contributed by atoms with Crippen molar-refractivity contribution >= 4 is 5.91 Å². The second-order valence-corrected chi connectivity index (χ2v) is 5.74. The topological polar surface area (TPSA) is 69.5 Å². The maximum absolute atomic E-state index is 12.1. The molecule has 0 saturated carbocycles. The van der Waals surface area contributed by atoms with Crippen LogP contribution >= 0.6 is 0 Å². The summed E-state index contributed by atoms with van der Waals surface area (Å²) in [7, 11) is 1.54. The average Bonchev–Trinajstić information content (AvgIpc) is 3.00. The minimum Gasteiger partial charge on any atom is -0.492 e. The smallest absolute Gasteiger partial charge is 0.249 e. The molecule has 1 aliphatic heterocycles.